The number of benzene rings is 3. The highest BCUT2D eigenvalue weighted by Gasteiger charge is 2.24. The number of carbonyl (C=O) groups is 1. The topological polar surface area (TPSA) is 35.5 Å². The van der Waals surface area contributed by atoms with E-state index < -0.39 is 0 Å². The monoisotopic (exact) mass is 380 g/mol. The minimum Gasteiger partial charge on any atom is -0.454 e. The van der Waals surface area contributed by atoms with Crippen LogP contribution in [0.15, 0.2) is 54.6 Å². The molecule has 29 heavy (non-hydrogen) atoms. The summed E-state index contributed by atoms with van der Waals surface area (Å²) in [6.07, 6.45) is 7.22. The maximum absolute atomic E-state index is 13.2. The van der Waals surface area contributed by atoms with Crippen LogP contribution in [0.4, 0.5) is 0 Å². The van der Waals surface area contributed by atoms with Gasteiger partial charge in [0.25, 0.3) is 0 Å². The Hall–Kier alpha value is -3.33. The molecule has 1 aliphatic heterocycles. The number of fused-ring (bicyclic) bond motifs is 6. The Morgan fingerprint density at radius 2 is 1.76 bits per heavy atom. The quantitative estimate of drug-likeness (QED) is 0.637. The molecule has 0 radical (unpaired) electrons. The molecule has 0 fully saturated rings. The molecule has 1 atom stereocenters. The highest BCUT2D eigenvalue weighted by atomic mass is 16.7. The summed E-state index contributed by atoms with van der Waals surface area (Å²) in [5.74, 6) is 1.42. The van der Waals surface area contributed by atoms with Gasteiger partial charge in [0.05, 0.1) is 0 Å². The van der Waals surface area contributed by atoms with Crippen molar-refractivity contribution in [2.24, 2.45) is 5.92 Å². The molecule has 3 aromatic carbocycles. The van der Waals surface area contributed by atoms with Crippen LogP contribution in [0.25, 0.3) is 23.3 Å². The van der Waals surface area contributed by atoms with Crippen molar-refractivity contribution < 1.29 is 14.3 Å². The molecule has 0 amide bonds. The van der Waals surface area contributed by atoms with E-state index in [2.05, 4.69) is 48.6 Å². The molecule has 3 aliphatic rings. The van der Waals surface area contributed by atoms with E-state index >= 15 is 0 Å². The van der Waals surface area contributed by atoms with Crippen LogP contribution in [0.3, 0.4) is 0 Å². The second-order valence-corrected chi connectivity index (χ2v) is 7.91. The van der Waals surface area contributed by atoms with Gasteiger partial charge in [-0.3, -0.25) is 4.79 Å². The molecule has 0 spiro atoms. The molecule has 0 N–H and O–H groups in total. The zero-order valence-corrected chi connectivity index (χ0v) is 16.0. The highest BCUT2D eigenvalue weighted by molar-refractivity contribution is 6.01. The van der Waals surface area contributed by atoms with E-state index in [1.165, 1.54) is 32.7 Å². The Morgan fingerprint density at radius 1 is 0.862 bits per heavy atom. The molecular formula is C26H20O3. The Balaban J connectivity index is 1.44. The molecule has 0 bridgehead atoms. The minimum atomic E-state index is -0.111. The number of hydrogen-bond acceptors (Lipinski definition) is 3. The van der Waals surface area contributed by atoms with Gasteiger partial charge >= 0.3 is 0 Å². The van der Waals surface area contributed by atoms with E-state index in [1.54, 1.807) is 0 Å². The molecule has 3 aromatic rings. The summed E-state index contributed by atoms with van der Waals surface area (Å²) in [5.41, 5.74) is 5.99. The van der Waals surface area contributed by atoms with Crippen LogP contribution in [-0.2, 0) is 12.8 Å². The molecule has 6 rings (SSSR count). The molecule has 3 nitrogen and oxygen atoms in total. The molecule has 3 heteroatoms. The zero-order valence-electron chi connectivity index (χ0n) is 16.0. The summed E-state index contributed by atoms with van der Waals surface area (Å²) < 4.78 is 10.8. The molecule has 2 aliphatic carbocycles. The predicted molar refractivity (Wildman–Crippen MR) is 112 cm³/mol. The molecule has 0 saturated heterocycles. The number of ketones is 1. The van der Waals surface area contributed by atoms with Crippen molar-refractivity contribution in [1.82, 2.24) is 0 Å². The Labute approximate surface area is 168 Å². The Kier molecular flexibility index (Phi) is 3.63. The van der Waals surface area contributed by atoms with Gasteiger partial charge in [-0.15, -0.1) is 0 Å². The Morgan fingerprint density at radius 3 is 2.72 bits per heavy atom. The van der Waals surface area contributed by atoms with Crippen molar-refractivity contribution in [3.8, 4) is 22.6 Å². The lowest BCUT2D eigenvalue weighted by Crippen LogP contribution is -2.37. The van der Waals surface area contributed by atoms with Crippen molar-refractivity contribution in [3.05, 3.63) is 81.7 Å². The third kappa shape index (κ3) is 2.61. The van der Waals surface area contributed by atoms with Gasteiger partial charge in [-0.1, -0.05) is 48.6 Å². The third-order valence-corrected chi connectivity index (χ3v) is 6.30. The normalized spacial score (nSPS) is 18.0. The van der Waals surface area contributed by atoms with Crippen LogP contribution < -0.4 is 19.9 Å². The minimum absolute atomic E-state index is 0.111. The number of Topliss-reactive ketones (excluding diaryl/α,β-unsaturated/α-hetero) is 1. The predicted octanol–water partition coefficient (Wildman–Crippen LogP) is 3.64. The molecule has 1 heterocycles. The fourth-order valence-corrected chi connectivity index (χ4v) is 4.79. The first-order valence-electron chi connectivity index (χ1n) is 10.1. The van der Waals surface area contributed by atoms with E-state index in [-0.39, 0.29) is 18.5 Å². The van der Waals surface area contributed by atoms with Crippen LogP contribution in [-0.4, -0.2) is 12.6 Å². The van der Waals surface area contributed by atoms with Gasteiger partial charge in [0.1, 0.15) is 0 Å². The van der Waals surface area contributed by atoms with Crippen LogP contribution in [0, 0.1) is 5.92 Å². The average molecular weight is 380 g/mol. The largest absolute Gasteiger partial charge is 0.454 e. The van der Waals surface area contributed by atoms with E-state index in [0.29, 0.717) is 17.1 Å². The van der Waals surface area contributed by atoms with Gasteiger partial charge in [0.15, 0.2) is 17.3 Å². The first-order chi connectivity index (χ1) is 14.3. The van der Waals surface area contributed by atoms with Gasteiger partial charge in [-0.05, 0) is 70.2 Å². The van der Waals surface area contributed by atoms with E-state index in [0.717, 1.165) is 19.3 Å². The first-order valence-corrected chi connectivity index (χ1v) is 10.1. The van der Waals surface area contributed by atoms with E-state index in [1.807, 2.05) is 18.2 Å². The summed E-state index contributed by atoms with van der Waals surface area (Å²) in [4.78, 5) is 13.2. The SMILES string of the molecule is O=C(c1ccc2c(c1)OCO2)C1C=c2c(ccc3c2=CCc2ccccc2-3)CC1. The lowest BCUT2D eigenvalue weighted by Gasteiger charge is -2.21. The number of carbonyl (C=O) groups excluding carboxylic acids is 1. The van der Waals surface area contributed by atoms with Gasteiger partial charge in [0.2, 0.25) is 6.79 Å². The average Bonchev–Trinajstić information content (AvgIpc) is 3.25. The number of rotatable bonds is 2. The summed E-state index contributed by atoms with van der Waals surface area (Å²) in [6.45, 7) is 0.222. The standard InChI is InChI=1S/C26H20O3/c27-26(19-9-12-24-25(14-19)29-15-28-24)18-6-5-17-8-10-21-20-4-2-1-3-16(20)7-11-22(21)23(17)13-18/h1-4,8-14,18H,5-7,15H2. The lowest BCUT2D eigenvalue weighted by molar-refractivity contribution is 0.0946. The van der Waals surface area contributed by atoms with Crippen LogP contribution in [0.2, 0.25) is 0 Å². The van der Waals surface area contributed by atoms with Crippen molar-refractivity contribution in [2.45, 2.75) is 19.3 Å². The van der Waals surface area contributed by atoms with E-state index in [9.17, 15) is 4.79 Å². The summed E-state index contributed by atoms with van der Waals surface area (Å²) in [6, 6.07) is 18.6. The molecule has 1 unspecified atom stereocenters. The summed E-state index contributed by atoms with van der Waals surface area (Å²) in [7, 11) is 0. The number of aryl methyl sites for hydroxylation is 1. The summed E-state index contributed by atoms with van der Waals surface area (Å²) in [5, 5.41) is 2.52. The van der Waals surface area contributed by atoms with Crippen molar-refractivity contribution in [2.75, 3.05) is 6.79 Å². The fourth-order valence-electron chi connectivity index (χ4n) is 4.79. The van der Waals surface area contributed by atoms with Crippen LogP contribution in [0.1, 0.15) is 27.9 Å². The molecular weight excluding hydrogens is 360 g/mol. The second-order valence-electron chi connectivity index (χ2n) is 7.91. The fraction of sp³-hybridized carbons (Fsp3) is 0.192. The van der Waals surface area contributed by atoms with Crippen molar-refractivity contribution >= 4 is 17.9 Å². The highest BCUT2D eigenvalue weighted by Crippen LogP contribution is 2.34. The van der Waals surface area contributed by atoms with Crippen LogP contribution in [0.5, 0.6) is 11.5 Å². The van der Waals surface area contributed by atoms with Crippen molar-refractivity contribution in [3.63, 3.8) is 0 Å². The second kappa shape index (κ2) is 6.35. The molecule has 142 valence electrons. The van der Waals surface area contributed by atoms with Gasteiger partial charge in [-0.25, -0.2) is 0 Å². The maximum atomic E-state index is 13.2. The zero-order chi connectivity index (χ0) is 19.4. The van der Waals surface area contributed by atoms with Gasteiger partial charge in [0, 0.05) is 11.5 Å². The smallest absolute Gasteiger partial charge is 0.231 e. The maximum Gasteiger partial charge on any atom is 0.231 e. The number of hydrogen-bond donors (Lipinski definition) is 0. The first kappa shape index (κ1) is 16.6. The number of ether oxygens (including phenoxy) is 2. The van der Waals surface area contributed by atoms with Crippen LogP contribution >= 0.6 is 0 Å². The van der Waals surface area contributed by atoms with E-state index in [4.69, 9.17) is 9.47 Å². The Bertz CT molecular complexity index is 1290. The van der Waals surface area contributed by atoms with Gasteiger partial charge in [-0.2, -0.15) is 0 Å². The molecule has 0 saturated carbocycles. The van der Waals surface area contributed by atoms with Gasteiger partial charge < -0.3 is 9.47 Å². The summed E-state index contributed by atoms with van der Waals surface area (Å²) >= 11 is 0. The lowest BCUT2D eigenvalue weighted by atomic mass is 9.82. The molecule has 0 aromatic heterocycles. The van der Waals surface area contributed by atoms with Crippen molar-refractivity contribution in [1.29, 1.82) is 0 Å². The third-order valence-electron chi connectivity index (χ3n) is 6.30.